The molecule has 2 heterocycles. The average molecular weight is 477 g/mol. The number of hydrogen-bond acceptors (Lipinski definition) is 9. The maximum Gasteiger partial charge on any atom is 0.336 e. The Morgan fingerprint density at radius 1 is 1.03 bits per heavy atom. The Morgan fingerprint density at radius 2 is 1.59 bits per heavy atom. The van der Waals surface area contributed by atoms with Crippen molar-refractivity contribution in [1.29, 1.82) is 0 Å². The quantitative estimate of drug-likeness (QED) is 0.498. The molecular weight excluding hydrogens is 456 g/mol. The minimum atomic E-state index is -1.29. The highest BCUT2D eigenvalue weighted by Gasteiger charge is 2.42. The van der Waals surface area contributed by atoms with Crippen molar-refractivity contribution in [2.24, 2.45) is 5.92 Å². The molecule has 1 aliphatic heterocycles. The summed E-state index contributed by atoms with van der Waals surface area (Å²) >= 11 is 7.31. The second kappa shape index (κ2) is 9.97. The third kappa shape index (κ3) is 4.84. The molecule has 1 aromatic carbocycles. The maximum absolute atomic E-state index is 13.1. The zero-order chi connectivity index (χ0) is 23.4. The van der Waals surface area contributed by atoms with Crippen LogP contribution < -0.4 is 5.32 Å². The van der Waals surface area contributed by atoms with Crippen LogP contribution in [-0.4, -0.2) is 37.1 Å². The Hall–Kier alpha value is -3.17. The number of esters is 3. The summed E-state index contributed by atoms with van der Waals surface area (Å²) in [5, 5.41) is 6.06. The molecule has 8 nitrogen and oxygen atoms in total. The van der Waals surface area contributed by atoms with Crippen molar-refractivity contribution in [3.8, 4) is 10.6 Å². The van der Waals surface area contributed by atoms with Crippen molar-refractivity contribution in [1.82, 2.24) is 10.3 Å². The van der Waals surface area contributed by atoms with Crippen LogP contribution in [0, 0.1) is 5.92 Å². The van der Waals surface area contributed by atoms with Crippen LogP contribution in [0.4, 0.5) is 0 Å². The van der Waals surface area contributed by atoms with E-state index >= 15 is 0 Å². The van der Waals surface area contributed by atoms with Gasteiger partial charge in [-0.15, -0.1) is 11.3 Å². The molecule has 0 bridgehead atoms. The molecule has 0 aliphatic carbocycles. The number of aromatic nitrogens is 1. The molecule has 0 saturated heterocycles. The number of methoxy groups -OCH3 is 2. The van der Waals surface area contributed by atoms with Gasteiger partial charge in [-0.05, 0) is 26.0 Å². The Balaban J connectivity index is 1.83. The molecule has 0 unspecified atom stereocenters. The molecule has 168 valence electrons. The van der Waals surface area contributed by atoms with Gasteiger partial charge in [-0.2, -0.15) is 0 Å². The lowest BCUT2D eigenvalue weighted by molar-refractivity contribution is -0.152. The van der Waals surface area contributed by atoms with Gasteiger partial charge in [-0.3, -0.25) is 4.79 Å². The number of rotatable bonds is 6. The van der Waals surface area contributed by atoms with Crippen LogP contribution in [0.25, 0.3) is 10.6 Å². The molecule has 0 spiro atoms. The van der Waals surface area contributed by atoms with Crippen molar-refractivity contribution < 1.29 is 28.6 Å². The first kappa shape index (κ1) is 23.5. The third-order valence-electron chi connectivity index (χ3n) is 4.81. The molecule has 0 saturated carbocycles. The van der Waals surface area contributed by atoms with E-state index in [4.69, 9.17) is 25.8 Å². The van der Waals surface area contributed by atoms with Gasteiger partial charge in [-0.25, -0.2) is 14.6 Å². The lowest BCUT2D eigenvalue weighted by atomic mass is 9.85. The van der Waals surface area contributed by atoms with E-state index in [9.17, 15) is 14.4 Å². The van der Waals surface area contributed by atoms with Gasteiger partial charge in [-0.1, -0.05) is 23.7 Å². The summed E-state index contributed by atoms with van der Waals surface area (Å²) in [6.07, 6.45) is 0. The van der Waals surface area contributed by atoms with E-state index in [2.05, 4.69) is 10.3 Å². The fourth-order valence-electron chi connectivity index (χ4n) is 3.32. The van der Waals surface area contributed by atoms with E-state index < -0.39 is 23.8 Å². The van der Waals surface area contributed by atoms with Gasteiger partial charge < -0.3 is 19.5 Å². The van der Waals surface area contributed by atoms with Crippen LogP contribution in [-0.2, 0) is 35.2 Å². The van der Waals surface area contributed by atoms with E-state index in [-0.39, 0.29) is 17.8 Å². The van der Waals surface area contributed by atoms with Gasteiger partial charge in [0.1, 0.15) is 17.5 Å². The van der Waals surface area contributed by atoms with Gasteiger partial charge in [0, 0.05) is 27.4 Å². The number of carbonyl (C=O) groups excluding carboxylic acids is 3. The summed E-state index contributed by atoms with van der Waals surface area (Å²) in [4.78, 5) is 42.3. The van der Waals surface area contributed by atoms with Crippen LogP contribution in [0.3, 0.4) is 0 Å². The van der Waals surface area contributed by atoms with Crippen molar-refractivity contribution in [2.75, 3.05) is 14.2 Å². The van der Waals surface area contributed by atoms with Crippen LogP contribution in [0.15, 0.2) is 52.2 Å². The molecule has 0 atom stereocenters. The van der Waals surface area contributed by atoms with Gasteiger partial charge in [0.2, 0.25) is 0 Å². The first-order chi connectivity index (χ1) is 15.3. The summed E-state index contributed by atoms with van der Waals surface area (Å²) in [5.74, 6) is -3.56. The molecule has 3 rings (SSSR count). The van der Waals surface area contributed by atoms with Crippen molar-refractivity contribution in [2.45, 2.75) is 20.5 Å². The number of dihydropyridines is 1. The second-order valence-electron chi connectivity index (χ2n) is 6.88. The SMILES string of the molecule is COC(=O)C1=C(C)NC(C)=C(C(=O)OC)C1C(=O)OCc1csc(-c2ccc(Cl)cc2)n1. The first-order valence-electron chi connectivity index (χ1n) is 9.49. The molecule has 2 aromatic rings. The zero-order valence-electron chi connectivity index (χ0n) is 17.9. The van der Waals surface area contributed by atoms with Gasteiger partial charge >= 0.3 is 17.9 Å². The second-order valence-corrected chi connectivity index (χ2v) is 8.17. The fraction of sp³-hybridized carbons (Fsp3) is 0.273. The van der Waals surface area contributed by atoms with Gasteiger partial charge in [0.05, 0.1) is 31.1 Å². The number of nitrogens with one attached hydrogen (secondary N) is 1. The van der Waals surface area contributed by atoms with E-state index in [1.54, 1.807) is 31.4 Å². The summed E-state index contributed by atoms with van der Waals surface area (Å²) in [5.41, 5.74) is 2.17. The smallest absolute Gasteiger partial charge is 0.336 e. The summed E-state index contributed by atoms with van der Waals surface area (Å²) < 4.78 is 15.1. The van der Waals surface area contributed by atoms with Crippen molar-refractivity contribution in [3.63, 3.8) is 0 Å². The van der Waals surface area contributed by atoms with E-state index in [1.165, 1.54) is 25.6 Å². The normalized spacial score (nSPS) is 14.2. The molecule has 10 heteroatoms. The van der Waals surface area contributed by atoms with Crippen LogP contribution in [0.5, 0.6) is 0 Å². The number of hydrogen-bond donors (Lipinski definition) is 1. The van der Waals surface area contributed by atoms with Crippen LogP contribution in [0.2, 0.25) is 5.02 Å². The Kier molecular flexibility index (Phi) is 7.32. The molecule has 1 aromatic heterocycles. The number of nitrogens with zero attached hydrogens (tertiary/aromatic N) is 1. The predicted molar refractivity (Wildman–Crippen MR) is 118 cm³/mol. The highest BCUT2D eigenvalue weighted by Crippen LogP contribution is 2.33. The minimum absolute atomic E-state index is 0.0105. The predicted octanol–water partition coefficient (Wildman–Crippen LogP) is 3.62. The zero-order valence-corrected chi connectivity index (χ0v) is 19.4. The molecule has 1 N–H and O–H groups in total. The van der Waals surface area contributed by atoms with E-state index in [1.807, 2.05) is 12.1 Å². The van der Waals surface area contributed by atoms with Gasteiger partial charge in [0.15, 0.2) is 0 Å². The lowest BCUT2D eigenvalue weighted by Gasteiger charge is -2.28. The molecular formula is C22H21ClN2O6S. The summed E-state index contributed by atoms with van der Waals surface area (Å²) in [6, 6.07) is 7.22. The fourth-order valence-corrected chi connectivity index (χ4v) is 4.25. The lowest BCUT2D eigenvalue weighted by Crippen LogP contribution is -2.37. The largest absolute Gasteiger partial charge is 0.466 e. The Morgan fingerprint density at radius 3 is 2.12 bits per heavy atom. The summed E-state index contributed by atoms with van der Waals surface area (Å²) in [7, 11) is 2.39. The van der Waals surface area contributed by atoms with Crippen molar-refractivity contribution in [3.05, 3.63) is 62.9 Å². The minimum Gasteiger partial charge on any atom is -0.466 e. The number of allylic oxidation sites excluding steroid dienone is 2. The summed E-state index contributed by atoms with van der Waals surface area (Å²) in [6.45, 7) is 3.10. The average Bonchev–Trinajstić information content (AvgIpc) is 3.25. The van der Waals surface area contributed by atoms with E-state index in [0.717, 1.165) is 10.6 Å². The Bertz CT molecular complexity index is 1080. The van der Waals surface area contributed by atoms with Crippen LogP contribution >= 0.6 is 22.9 Å². The molecule has 0 amide bonds. The molecule has 0 radical (unpaired) electrons. The molecule has 0 fully saturated rings. The van der Waals surface area contributed by atoms with Crippen LogP contribution in [0.1, 0.15) is 19.5 Å². The highest BCUT2D eigenvalue weighted by molar-refractivity contribution is 7.13. The van der Waals surface area contributed by atoms with E-state index in [0.29, 0.717) is 22.1 Å². The molecule has 32 heavy (non-hydrogen) atoms. The highest BCUT2D eigenvalue weighted by atomic mass is 35.5. The topological polar surface area (TPSA) is 104 Å². The molecule has 1 aliphatic rings. The third-order valence-corrected chi connectivity index (χ3v) is 6.00. The number of ether oxygens (including phenoxy) is 3. The number of benzene rings is 1. The van der Waals surface area contributed by atoms with Gasteiger partial charge in [0.25, 0.3) is 0 Å². The monoisotopic (exact) mass is 476 g/mol. The standard InChI is InChI=1S/C22H21ClN2O6S/c1-11-16(20(26)29-3)18(17(12(2)24-11)21(27)30-4)22(28)31-9-15-10-32-19(25-15)13-5-7-14(23)8-6-13/h5-8,10,18,24H,9H2,1-4H3. The van der Waals surface area contributed by atoms with Crippen molar-refractivity contribution >= 4 is 40.8 Å². The number of carbonyl (C=O) groups is 3. The Labute approximate surface area is 193 Å². The first-order valence-corrected chi connectivity index (χ1v) is 10.7. The maximum atomic E-state index is 13.1. The number of thiazole rings is 1. The number of halogens is 1.